The number of benzene rings is 1. The molecule has 1 heterocycles. The highest BCUT2D eigenvalue weighted by Crippen LogP contribution is 2.33. The van der Waals surface area contributed by atoms with Crippen LogP contribution < -0.4 is 10.6 Å². The smallest absolute Gasteiger partial charge is 0.456 e. The first-order chi connectivity index (χ1) is 18.1. The second kappa shape index (κ2) is 11.9. The maximum Gasteiger partial charge on any atom is 0.490 e. The number of alkyl halides is 6. The minimum Gasteiger partial charge on any atom is -0.456 e. The first-order valence-corrected chi connectivity index (χ1v) is 12.1. The first kappa shape index (κ1) is 30.4. The summed E-state index contributed by atoms with van der Waals surface area (Å²) >= 11 is 0. The largest absolute Gasteiger partial charge is 0.490 e. The van der Waals surface area contributed by atoms with Crippen molar-refractivity contribution < 1.29 is 49.9 Å². The zero-order chi connectivity index (χ0) is 29.0. The average molecular weight is 566 g/mol. The van der Waals surface area contributed by atoms with E-state index in [0.717, 1.165) is 12.1 Å². The van der Waals surface area contributed by atoms with Gasteiger partial charge in [0.1, 0.15) is 6.10 Å². The molecule has 0 unspecified atom stereocenters. The van der Waals surface area contributed by atoms with E-state index in [1.807, 2.05) is 13.8 Å². The lowest BCUT2D eigenvalue weighted by Gasteiger charge is -2.29. The molecule has 1 aliphatic rings. The summed E-state index contributed by atoms with van der Waals surface area (Å²) < 4.78 is 91.6. The Balaban J connectivity index is 1.74. The summed E-state index contributed by atoms with van der Waals surface area (Å²) in [5, 5.41) is 9.77. The van der Waals surface area contributed by atoms with E-state index in [0.29, 0.717) is 12.1 Å². The van der Waals surface area contributed by atoms with Gasteiger partial charge in [-0.2, -0.15) is 26.3 Å². The molecular weight excluding hydrogens is 536 g/mol. The van der Waals surface area contributed by atoms with E-state index in [4.69, 9.17) is 9.26 Å². The maximum atomic E-state index is 13.1. The van der Waals surface area contributed by atoms with E-state index >= 15 is 0 Å². The van der Waals surface area contributed by atoms with Gasteiger partial charge in [0.2, 0.25) is 0 Å². The van der Waals surface area contributed by atoms with Gasteiger partial charge in [0.25, 0.3) is 5.91 Å². The van der Waals surface area contributed by atoms with E-state index in [-0.39, 0.29) is 49.2 Å². The van der Waals surface area contributed by atoms with Crippen molar-refractivity contribution in [2.75, 3.05) is 13.7 Å². The van der Waals surface area contributed by atoms with Crippen LogP contribution >= 0.6 is 0 Å². The summed E-state index contributed by atoms with van der Waals surface area (Å²) in [5.41, 5.74) is -0.890. The van der Waals surface area contributed by atoms with Crippen molar-refractivity contribution >= 4 is 11.9 Å². The van der Waals surface area contributed by atoms with E-state index in [1.54, 1.807) is 0 Å². The third-order valence-corrected chi connectivity index (χ3v) is 6.40. The molecule has 2 N–H and O–H groups in total. The van der Waals surface area contributed by atoms with Crippen molar-refractivity contribution in [1.82, 2.24) is 15.8 Å². The van der Waals surface area contributed by atoms with Crippen molar-refractivity contribution in [2.24, 2.45) is 0 Å². The van der Waals surface area contributed by atoms with Crippen molar-refractivity contribution in [1.29, 1.82) is 0 Å². The van der Waals surface area contributed by atoms with Crippen molar-refractivity contribution in [3.8, 4) is 11.3 Å². The van der Waals surface area contributed by atoms with Crippen LogP contribution in [0.5, 0.6) is 0 Å². The molecule has 14 heteroatoms. The molecule has 39 heavy (non-hydrogen) atoms. The topological polar surface area (TPSA) is 103 Å². The van der Waals surface area contributed by atoms with Gasteiger partial charge in [-0.25, -0.2) is 4.79 Å². The Kier molecular flexibility index (Phi) is 9.31. The fraction of sp³-hybridized carbons (Fsp3) is 0.560. The van der Waals surface area contributed by atoms with E-state index in [1.165, 1.54) is 19.2 Å². The molecule has 216 valence electrons. The van der Waals surface area contributed by atoms with Crippen LogP contribution in [-0.2, 0) is 27.0 Å². The van der Waals surface area contributed by atoms with Crippen LogP contribution in [0.2, 0.25) is 0 Å². The zero-order valence-corrected chi connectivity index (χ0v) is 21.5. The van der Waals surface area contributed by atoms with Gasteiger partial charge < -0.3 is 24.6 Å². The van der Waals surface area contributed by atoms with E-state index < -0.39 is 47.5 Å². The van der Waals surface area contributed by atoms with Crippen LogP contribution in [0.1, 0.15) is 61.1 Å². The highest BCUT2D eigenvalue weighted by Gasteiger charge is 2.42. The second-order valence-corrected chi connectivity index (χ2v) is 9.83. The first-order valence-electron chi connectivity index (χ1n) is 12.1. The van der Waals surface area contributed by atoms with Gasteiger partial charge in [-0.3, -0.25) is 4.79 Å². The second-order valence-electron chi connectivity index (χ2n) is 9.83. The Bertz CT molecular complexity index is 1140. The van der Waals surface area contributed by atoms with Gasteiger partial charge in [-0.05, 0) is 51.7 Å². The Morgan fingerprint density at radius 1 is 1.03 bits per heavy atom. The minimum absolute atomic E-state index is 0.0789. The predicted molar refractivity (Wildman–Crippen MR) is 125 cm³/mol. The van der Waals surface area contributed by atoms with E-state index in [9.17, 15) is 35.9 Å². The Morgan fingerprint density at radius 2 is 1.64 bits per heavy atom. The summed E-state index contributed by atoms with van der Waals surface area (Å²) in [6, 6.07) is 3.81. The minimum atomic E-state index is -5.08. The monoisotopic (exact) mass is 565 g/mol. The third kappa shape index (κ3) is 8.18. The Morgan fingerprint density at radius 3 is 2.18 bits per heavy atom. The van der Waals surface area contributed by atoms with Crippen LogP contribution in [0.15, 0.2) is 28.8 Å². The molecule has 0 aliphatic heterocycles. The molecule has 0 radical (unpaired) electrons. The van der Waals surface area contributed by atoms with Gasteiger partial charge in [-0.1, -0.05) is 17.3 Å². The number of nitrogens with one attached hydrogen (secondary N) is 2. The Hall–Kier alpha value is -3.13. The number of nitrogens with zero attached hydrogens (tertiary/aromatic N) is 1. The van der Waals surface area contributed by atoms with Crippen molar-refractivity contribution in [3.63, 3.8) is 0 Å². The summed E-state index contributed by atoms with van der Waals surface area (Å²) in [6.45, 7) is 4.11. The quantitative estimate of drug-likeness (QED) is 0.325. The van der Waals surface area contributed by atoms with Gasteiger partial charge >= 0.3 is 18.3 Å². The molecule has 3 rings (SSSR count). The van der Waals surface area contributed by atoms with Gasteiger partial charge in [-0.15, -0.1) is 0 Å². The highest BCUT2D eigenvalue weighted by molar-refractivity contribution is 5.95. The molecule has 0 bridgehead atoms. The van der Waals surface area contributed by atoms with Gasteiger partial charge in [0.05, 0.1) is 11.2 Å². The molecule has 1 aliphatic carbocycles. The molecular formula is C25H29F6N3O5. The number of carbonyl (C=O) groups excluding carboxylic acids is 2. The zero-order valence-electron chi connectivity index (χ0n) is 21.5. The van der Waals surface area contributed by atoms with E-state index in [2.05, 4.69) is 20.5 Å². The number of rotatable bonds is 9. The Labute approximate surface area is 220 Å². The maximum absolute atomic E-state index is 13.1. The molecule has 1 aromatic carbocycles. The number of methoxy groups -OCH3 is 1. The number of esters is 1. The fourth-order valence-electron chi connectivity index (χ4n) is 4.05. The number of ether oxygens (including phenoxy) is 2. The van der Waals surface area contributed by atoms with Crippen LogP contribution in [0.3, 0.4) is 0 Å². The molecule has 8 nitrogen and oxygen atoms in total. The number of hydrogen-bond donors (Lipinski definition) is 2. The van der Waals surface area contributed by atoms with Gasteiger partial charge in [0.15, 0.2) is 11.5 Å². The van der Waals surface area contributed by atoms with Crippen LogP contribution in [0.4, 0.5) is 26.3 Å². The lowest BCUT2D eigenvalue weighted by molar-refractivity contribution is -0.206. The molecule has 0 spiro atoms. The van der Waals surface area contributed by atoms with Crippen LogP contribution in [0.25, 0.3) is 11.3 Å². The van der Waals surface area contributed by atoms with Crippen LogP contribution in [0, 0.1) is 0 Å². The molecule has 1 fully saturated rings. The summed E-state index contributed by atoms with van der Waals surface area (Å²) in [5.74, 6) is -2.75. The highest BCUT2D eigenvalue weighted by atomic mass is 19.4. The fourth-order valence-corrected chi connectivity index (χ4v) is 4.05. The lowest BCUT2D eigenvalue weighted by atomic mass is 9.92. The number of carbonyl (C=O) groups is 2. The van der Waals surface area contributed by atoms with Crippen molar-refractivity contribution in [2.45, 2.75) is 76.2 Å². The number of hydrogen-bond acceptors (Lipinski definition) is 7. The lowest BCUT2D eigenvalue weighted by Crippen LogP contribution is -2.41. The number of halogens is 6. The molecule has 1 aromatic heterocycles. The third-order valence-electron chi connectivity index (χ3n) is 6.40. The normalized spacial score (nSPS) is 18.6. The van der Waals surface area contributed by atoms with Crippen LogP contribution in [-0.4, -0.2) is 54.6 Å². The average Bonchev–Trinajstić information content (AvgIpc) is 3.28. The number of amides is 1. The molecule has 1 amide bonds. The van der Waals surface area contributed by atoms with Crippen molar-refractivity contribution in [3.05, 3.63) is 41.1 Å². The summed E-state index contributed by atoms with van der Waals surface area (Å²) in [6.07, 6.45) is -9.72. The van der Waals surface area contributed by atoms with Gasteiger partial charge in [0, 0.05) is 37.4 Å². The molecule has 0 saturated heterocycles. The number of aromatic nitrogens is 1. The summed E-state index contributed by atoms with van der Waals surface area (Å²) in [7, 11) is 1.53. The standard InChI is InChI=1S/C25H29F6N3O5/c1-23(2,37-3)13-32-12-18-19(34-39-20(18)14-4-6-15(7-5-14)24(26,27)28)21(35)33-16-8-10-17(11-9-16)38-22(36)25(29,30)31/h4-7,16-17,32H,8-13H2,1-3H3,(H,33,35). The predicted octanol–water partition coefficient (Wildman–Crippen LogP) is 5.02. The molecule has 2 aromatic rings. The summed E-state index contributed by atoms with van der Waals surface area (Å²) in [4.78, 5) is 24.2. The molecule has 1 saturated carbocycles. The SMILES string of the molecule is COC(C)(C)CNCc1c(C(=O)NC2CCC(OC(=O)C(F)(F)F)CC2)noc1-c1ccc(C(F)(F)F)cc1. The molecule has 0 atom stereocenters.